The van der Waals surface area contributed by atoms with Crippen LogP contribution in [0.5, 0.6) is 5.75 Å². The van der Waals surface area contributed by atoms with E-state index in [4.69, 9.17) is 9.68 Å². The molecule has 0 saturated heterocycles. The molecule has 0 aliphatic heterocycles. The van der Waals surface area contributed by atoms with Crippen molar-refractivity contribution in [3.63, 3.8) is 0 Å². The van der Waals surface area contributed by atoms with Crippen LogP contribution in [0.25, 0.3) is 54.6 Å². The third kappa shape index (κ3) is 3.43. The predicted molar refractivity (Wildman–Crippen MR) is 140 cm³/mol. The third-order valence-corrected chi connectivity index (χ3v) is 6.34. The SMILES string of the molecule is OBOc1cccc(-c2cccc(-c3ccc4c5ccccc5c5ccccc5c4c3)c2)c1. The Morgan fingerprint density at radius 2 is 0.909 bits per heavy atom. The molecule has 6 aromatic carbocycles. The summed E-state index contributed by atoms with van der Waals surface area (Å²) in [6.07, 6.45) is 0. The Balaban J connectivity index is 1.53. The van der Waals surface area contributed by atoms with Gasteiger partial charge in [0.2, 0.25) is 0 Å². The van der Waals surface area contributed by atoms with Crippen LogP contribution in [0.3, 0.4) is 0 Å². The first-order valence-corrected chi connectivity index (χ1v) is 11.1. The highest BCUT2D eigenvalue weighted by molar-refractivity contribution is 6.25. The fourth-order valence-electron chi connectivity index (χ4n) is 4.81. The van der Waals surface area contributed by atoms with Gasteiger partial charge in [0, 0.05) is 0 Å². The molecule has 0 aromatic heterocycles. The van der Waals surface area contributed by atoms with Crippen molar-refractivity contribution in [2.45, 2.75) is 0 Å². The number of fused-ring (bicyclic) bond motifs is 6. The molecule has 156 valence electrons. The van der Waals surface area contributed by atoms with Crippen molar-refractivity contribution in [3.05, 3.63) is 115 Å². The lowest BCUT2D eigenvalue weighted by Gasteiger charge is -2.13. The largest absolute Gasteiger partial charge is 0.539 e. The van der Waals surface area contributed by atoms with E-state index in [1.54, 1.807) is 0 Å². The van der Waals surface area contributed by atoms with Crippen LogP contribution in [0.1, 0.15) is 0 Å². The first-order valence-electron chi connectivity index (χ1n) is 11.1. The molecular formula is C30H21BO2. The van der Waals surface area contributed by atoms with Gasteiger partial charge in [0.25, 0.3) is 0 Å². The fourth-order valence-corrected chi connectivity index (χ4v) is 4.81. The molecule has 0 aliphatic rings. The zero-order valence-electron chi connectivity index (χ0n) is 18.0. The second-order valence-corrected chi connectivity index (χ2v) is 8.23. The van der Waals surface area contributed by atoms with Crippen molar-refractivity contribution in [3.8, 4) is 28.0 Å². The van der Waals surface area contributed by atoms with Gasteiger partial charge in [-0.05, 0) is 78.8 Å². The molecule has 1 N–H and O–H groups in total. The Morgan fingerprint density at radius 1 is 0.424 bits per heavy atom. The van der Waals surface area contributed by atoms with Gasteiger partial charge >= 0.3 is 7.69 Å². The quantitative estimate of drug-likeness (QED) is 0.241. The zero-order chi connectivity index (χ0) is 22.2. The van der Waals surface area contributed by atoms with Crippen molar-refractivity contribution in [1.29, 1.82) is 0 Å². The smallest absolute Gasteiger partial charge is 0.504 e. The van der Waals surface area contributed by atoms with Crippen LogP contribution in [0.2, 0.25) is 0 Å². The van der Waals surface area contributed by atoms with Gasteiger partial charge in [0.15, 0.2) is 0 Å². The minimum absolute atomic E-state index is 0.330. The van der Waals surface area contributed by atoms with Crippen molar-refractivity contribution in [1.82, 2.24) is 0 Å². The van der Waals surface area contributed by atoms with Gasteiger partial charge in [0.05, 0.1) is 0 Å². The van der Waals surface area contributed by atoms with E-state index in [1.807, 2.05) is 18.2 Å². The maximum Gasteiger partial charge on any atom is 0.504 e. The molecule has 0 spiro atoms. The van der Waals surface area contributed by atoms with Gasteiger partial charge < -0.3 is 9.68 Å². The molecule has 0 atom stereocenters. The monoisotopic (exact) mass is 424 g/mol. The van der Waals surface area contributed by atoms with Crippen LogP contribution in [0, 0.1) is 0 Å². The predicted octanol–water partition coefficient (Wildman–Crippen LogP) is 7.12. The summed E-state index contributed by atoms with van der Waals surface area (Å²) in [5, 5.41) is 16.8. The Kier molecular flexibility index (Phi) is 4.82. The van der Waals surface area contributed by atoms with Crippen LogP contribution in [-0.4, -0.2) is 12.7 Å². The molecule has 0 radical (unpaired) electrons. The zero-order valence-corrected chi connectivity index (χ0v) is 18.0. The first-order chi connectivity index (χ1) is 16.3. The van der Waals surface area contributed by atoms with Crippen LogP contribution >= 0.6 is 0 Å². The van der Waals surface area contributed by atoms with Crippen molar-refractivity contribution < 1.29 is 9.68 Å². The van der Waals surface area contributed by atoms with Gasteiger partial charge in [-0.25, -0.2) is 0 Å². The fraction of sp³-hybridized carbons (Fsp3) is 0. The second kappa shape index (κ2) is 8.12. The molecule has 6 rings (SSSR count). The van der Waals surface area contributed by atoms with Crippen molar-refractivity contribution >= 4 is 40.0 Å². The van der Waals surface area contributed by atoms with Gasteiger partial charge in [-0.1, -0.05) is 91.0 Å². The summed E-state index contributed by atoms with van der Waals surface area (Å²) in [6, 6.07) is 40.5. The lowest BCUT2D eigenvalue weighted by molar-refractivity contribution is 0.454. The van der Waals surface area contributed by atoms with E-state index in [1.165, 1.54) is 43.4 Å². The molecule has 0 saturated carbocycles. The van der Waals surface area contributed by atoms with Crippen molar-refractivity contribution in [2.75, 3.05) is 0 Å². The summed E-state index contributed by atoms with van der Waals surface area (Å²) in [5.74, 6) is 0.657. The van der Waals surface area contributed by atoms with Crippen LogP contribution in [0.4, 0.5) is 0 Å². The summed E-state index contributed by atoms with van der Waals surface area (Å²) in [5.41, 5.74) is 4.52. The maximum absolute atomic E-state index is 9.08. The summed E-state index contributed by atoms with van der Waals surface area (Å²) >= 11 is 0. The molecule has 0 aliphatic carbocycles. The highest BCUT2D eigenvalue weighted by Gasteiger charge is 2.10. The highest BCUT2D eigenvalue weighted by atomic mass is 16.5. The summed E-state index contributed by atoms with van der Waals surface area (Å²) in [6.45, 7) is 0. The average Bonchev–Trinajstić information content (AvgIpc) is 2.89. The van der Waals surface area contributed by atoms with E-state index in [0.29, 0.717) is 5.75 Å². The second-order valence-electron chi connectivity index (χ2n) is 8.23. The van der Waals surface area contributed by atoms with E-state index in [0.717, 1.165) is 11.1 Å². The molecule has 0 fully saturated rings. The molecular weight excluding hydrogens is 403 g/mol. The van der Waals surface area contributed by atoms with E-state index in [9.17, 15) is 0 Å². The number of hydrogen-bond donors (Lipinski definition) is 1. The molecule has 6 aromatic rings. The Bertz CT molecular complexity index is 1600. The Hall–Kier alpha value is -4.08. The molecule has 0 heterocycles. The standard InChI is InChI=1S/C30H21BO2/c32-31-33-24-10-6-9-22(18-24)20-7-5-8-21(17-20)23-15-16-29-27-13-2-1-11-25(27)26-12-3-4-14-28(26)30(29)19-23/h1-19,31-32H. The minimum atomic E-state index is -0.330. The van der Waals surface area contributed by atoms with E-state index >= 15 is 0 Å². The Morgan fingerprint density at radius 3 is 1.52 bits per heavy atom. The van der Waals surface area contributed by atoms with Crippen LogP contribution in [-0.2, 0) is 0 Å². The number of hydrogen-bond acceptors (Lipinski definition) is 2. The highest BCUT2D eigenvalue weighted by Crippen LogP contribution is 2.37. The normalized spacial score (nSPS) is 11.2. The van der Waals surface area contributed by atoms with Crippen LogP contribution < -0.4 is 4.65 Å². The van der Waals surface area contributed by atoms with E-state index < -0.39 is 0 Å². The molecule has 33 heavy (non-hydrogen) atoms. The average molecular weight is 424 g/mol. The molecule has 0 amide bonds. The van der Waals surface area contributed by atoms with Gasteiger partial charge in [-0.15, -0.1) is 0 Å². The lowest BCUT2D eigenvalue weighted by atomic mass is 9.91. The summed E-state index contributed by atoms with van der Waals surface area (Å²) in [4.78, 5) is 0. The third-order valence-electron chi connectivity index (χ3n) is 6.34. The summed E-state index contributed by atoms with van der Waals surface area (Å²) in [7, 11) is -0.330. The van der Waals surface area contributed by atoms with Crippen molar-refractivity contribution in [2.24, 2.45) is 0 Å². The van der Waals surface area contributed by atoms with E-state index in [2.05, 4.69) is 97.1 Å². The van der Waals surface area contributed by atoms with Gasteiger partial charge in [-0.3, -0.25) is 0 Å². The maximum atomic E-state index is 9.08. The molecule has 3 heteroatoms. The number of benzene rings is 6. The van der Waals surface area contributed by atoms with E-state index in [-0.39, 0.29) is 7.69 Å². The number of rotatable bonds is 4. The molecule has 0 bridgehead atoms. The Labute approximate surface area is 193 Å². The molecule has 0 unspecified atom stereocenters. The minimum Gasteiger partial charge on any atom is -0.539 e. The van der Waals surface area contributed by atoms with Gasteiger partial charge in [0.1, 0.15) is 5.75 Å². The van der Waals surface area contributed by atoms with Gasteiger partial charge in [-0.2, -0.15) is 0 Å². The first kappa shape index (κ1) is 19.6. The molecule has 2 nitrogen and oxygen atoms in total. The van der Waals surface area contributed by atoms with Crippen LogP contribution in [0.15, 0.2) is 115 Å². The summed E-state index contributed by atoms with van der Waals surface area (Å²) < 4.78 is 5.26. The lowest BCUT2D eigenvalue weighted by Crippen LogP contribution is -1.99. The topological polar surface area (TPSA) is 29.5 Å².